The van der Waals surface area contributed by atoms with Crippen LogP contribution in [0, 0.1) is 5.92 Å². The molecule has 2 heterocycles. The Balaban J connectivity index is 1.88. The molecule has 8 heteroatoms. The van der Waals surface area contributed by atoms with Gasteiger partial charge in [-0.25, -0.2) is 14.8 Å². The predicted octanol–water partition coefficient (Wildman–Crippen LogP) is 1.51. The molecule has 2 aliphatic rings. The summed E-state index contributed by atoms with van der Waals surface area (Å²) in [6.07, 6.45) is 4.66. The fraction of sp³-hybridized carbons (Fsp3) is 0.500. The molecule has 2 atom stereocenters. The first kappa shape index (κ1) is 13.6. The molecule has 0 radical (unpaired) electrons. The van der Waals surface area contributed by atoms with E-state index in [1.54, 1.807) is 0 Å². The normalized spacial score (nSPS) is 25.8. The highest BCUT2D eigenvalue weighted by Gasteiger charge is 2.48. The number of aromatic nitrogens is 2. The summed E-state index contributed by atoms with van der Waals surface area (Å²) in [6, 6.07) is -0.796. The second kappa shape index (κ2) is 5.21. The average molecular weight is 314 g/mol. The Morgan fingerprint density at radius 3 is 2.65 bits per heavy atom. The molecule has 1 saturated heterocycles. The molecule has 0 aromatic carbocycles. The van der Waals surface area contributed by atoms with Crippen molar-refractivity contribution in [3.8, 4) is 0 Å². The summed E-state index contributed by atoms with van der Waals surface area (Å²) in [5, 5.41) is 9.41. The minimum Gasteiger partial charge on any atom is -0.480 e. The summed E-state index contributed by atoms with van der Waals surface area (Å²) >= 11 is 7.18. The molecule has 3 rings (SSSR count). The molecule has 6 nitrogen and oxygen atoms in total. The SMILES string of the molecule is O=C(O)C1CSC(C2CC2)N1C(=O)c1cnc(Cl)cn1. The summed E-state index contributed by atoms with van der Waals surface area (Å²) in [6.45, 7) is 0. The van der Waals surface area contributed by atoms with E-state index in [4.69, 9.17) is 11.6 Å². The molecule has 106 valence electrons. The van der Waals surface area contributed by atoms with Gasteiger partial charge in [0.15, 0.2) is 0 Å². The number of halogens is 1. The molecule has 1 aliphatic carbocycles. The van der Waals surface area contributed by atoms with Crippen LogP contribution in [0.5, 0.6) is 0 Å². The quantitative estimate of drug-likeness (QED) is 0.910. The van der Waals surface area contributed by atoms with Gasteiger partial charge in [0.1, 0.15) is 16.9 Å². The Kier molecular flexibility index (Phi) is 3.55. The van der Waals surface area contributed by atoms with Crippen LogP contribution in [0.4, 0.5) is 0 Å². The first-order valence-electron chi connectivity index (χ1n) is 6.22. The van der Waals surface area contributed by atoms with Crippen LogP contribution >= 0.6 is 23.4 Å². The maximum absolute atomic E-state index is 12.5. The first-order valence-corrected chi connectivity index (χ1v) is 7.65. The topological polar surface area (TPSA) is 83.4 Å². The maximum Gasteiger partial charge on any atom is 0.327 e. The number of hydrogen-bond acceptors (Lipinski definition) is 5. The largest absolute Gasteiger partial charge is 0.480 e. The van der Waals surface area contributed by atoms with E-state index in [1.807, 2.05) is 0 Å². The van der Waals surface area contributed by atoms with E-state index < -0.39 is 12.0 Å². The van der Waals surface area contributed by atoms with Crippen molar-refractivity contribution in [3.05, 3.63) is 23.2 Å². The highest BCUT2D eigenvalue weighted by Crippen LogP contribution is 2.45. The van der Waals surface area contributed by atoms with E-state index in [1.165, 1.54) is 29.1 Å². The van der Waals surface area contributed by atoms with Gasteiger partial charge in [0.05, 0.1) is 17.8 Å². The van der Waals surface area contributed by atoms with Crippen molar-refractivity contribution in [1.29, 1.82) is 0 Å². The number of hydrogen-bond donors (Lipinski definition) is 1. The predicted molar refractivity (Wildman–Crippen MR) is 73.6 cm³/mol. The van der Waals surface area contributed by atoms with Crippen LogP contribution in [0.2, 0.25) is 5.15 Å². The Labute approximate surface area is 124 Å². The van der Waals surface area contributed by atoms with Gasteiger partial charge in [0, 0.05) is 5.75 Å². The third-order valence-electron chi connectivity index (χ3n) is 3.42. The maximum atomic E-state index is 12.5. The van der Waals surface area contributed by atoms with Crippen molar-refractivity contribution in [2.75, 3.05) is 5.75 Å². The average Bonchev–Trinajstić information content (AvgIpc) is 3.17. The van der Waals surface area contributed by atoms with E-state index in [2.05, 4.69) is 9.97 Å². The van der Waals surface area contributed by atoms with Gasteiger partial charge in [-0.05, 0) is 18.8 Å². The van der Waals surface area contributed by atoms with Crippen LogP contribution in [0.25, 0.3) is 0 Å². The molecule has 1 N–H and O–H groups in total. The van der Waals surface area contributed by atoms with Crippen LogP contribution in [-0.4, -0.2) is 49.0 Å². The summed E-state index contributed by atoms with van der Waals surface area (Å²) < 4.78 is 0. The first-order chi connectivity index (χ1) is 9.58. The van der Waals surface area contributed by atoms with E-state index >= 15 is 0 Å². The van der Waals surface area contributed by atoms with Gasteiger partial charge in [-0.1, -0.05) is 11.6 Å². The van der Waals surface area contributed by atoms with Crippen LogP contribution in [0.1, 0.15) is 23.3 Å². The number of aliphatic carboxylic acids is 1. The van der Waals surface area contributed by atoms with Crippen molar-refractivity contribution >= 4 is 35.2 Å². The number of carbonyl (C=O) groups excluding carboxylic acids is 1. The van der Waals surface area contributed by atoms with Crippen LogP contribution in [0.15, 0.2) is 12.4 Å². The van der Waals surface area contributed by atoms with Gasteiger partial charge in [-0.3, -0.25) is 4.79 Å². The molecular formula is C12H12ClN3O3S. The number of thioether (sulfide) groups is 1. The molecule has 0 bridgehead atoms. The zero-order chi connectivity index (χ0) is 14.3. The highest BCUT2D eigenvalue weighted by atomic mass is 35.5. The lowest BCUT2D eigenvalue weighted by molar-refractivity contribution is -0.141. The van der Waals surface area contributed by atoms with Gasteiger partial charge >= 0.3 is 5.97 Å². The molecule has 2 unspecified atom stereocenters. The van der Waals surface area contributed by atoms with Gasteiger partial charge in [-0.15, -0.1) is 11.8 Å². The van der Waals surface area contributed by atoms with Crippen LogP contribution < -0.4 is 0 Å². The van der Waals surface area contributed by atoms with Gasteiger partial charge in [-0.2, -0.15) is 0 Å². The van der Waals surface area contributed by atoms with E-state index in [-0.39, 0.29) is 22.1 Å². The fourth-order valence-corrected chi connectivity index (χ4v) is 4.00. The highest BCUT2D eigenvalue weighted by molar-refractivity contribution is 8.00. The van der Waals surface area contributed by atoms with Crippen molar-refractivity contribution in [1.82, 2.24) is 14.9 Å². The Morgan fingerprint density at radius 1 is 1.35 bits per heavy atom. The second-order valence-corrected chi connectivity index (χ2v) is 6.39. The Hall–Kier alpha value is -1.34. The lowest BCUT2D eigenvalue weighted by Crippen LogP contribution is -2.46. The zero-order valence-corrected chi connectivity index (χ0v) is 12.0. The van der Waals surface area contributed by atoms with Crippen LogP contribution in [0.3, 0.4) is 0 Å². The number of carboxylic acids is 1. The molecular weight excluding hydrogens is 302 g/mol. The molecule has 1 aromatic heterocycles. The molecule has 20 heavy (non-hydrogen) atoms. The van der Waals surface area contributed by atoms with Gasteiger partial charge < -0.3 is 10.0 Å². The van der Waals surface area contributed by atoms with Crippen molar-refractivity contribution < 1.29 is 14.7 Å². The zero-order valence-electron chi connectivity index (χ0n) is 10.4. The van der Waals surface area contributed by atoms with Crippen LogP contribution in [-0.2, 0) is 4.79 Å². The monoisotopic (exact) mass is 313 g/mol. The van der Waals surface area contributed by atoms with Crippen molar-refractivity contribution in [2.45, 2.75) is 24.3 Å². The summed E-state index contributed by atoms with van der Waals surface area (Å²) in [7, 11) is 0. The summed E-state index contributed by atoms with van der Waals surface area (Å²) in [5.41, 5.74) is 0.133. The number of amides is 1. The smallest absolute Gasteiger partial charge is 0.327 e. The molecule has 1 amide bonds. The fourth-order valence-electron chi connectivity index (χ4n) is 2.27. The number of carbonyl (C=O) groups is 2. The summed E-state index contributed by atoms with van der Waals surface area (Å²) in [5.74, 6) is -0.545. The molecule has 1 aromatic rings. The molecule has 2 fully saturated rings. The minimum absolute atomic E-state index is 0.0684. The van der Waals surface area contributed by atoms with E-state index in [0.29, 0.717) is 11.7 Å². The third kappa shape index (κ3) is 2.47. The lowest BCUT2D eigenvalue weighted by atomic mass is 10.2. The van der Waals surface area contributed by atoms with Crippen molar-refractivity contribution in [2.24, 2.45) is 5.92 Å². The van der Waals surface area contributed by atoms with Crippen molar-refractivity contribution in [3.63, 3.8) is 0 Å². The molecule has 0 spiro atoms. The minimum atomic E-state index is -0.976. The molecule has 1 saturated carbocycles. The van der Waals surface area contributed by atoms with Gasteiger partial charge in [0.2, 0.25) is 0 Å². The lowest BCUT2D eigenvalue weighted by Gasteiger charge is -2.26. The third-order valence-corrected chi connectivity index (χ3v) is 5.08. The molecule has 1 aliphatic heterocycles. The Bertz CT molecular complexity index is 549. The van der Waals surface area contributed by atoms with E-state index in [0.717, 1.165) is 12.8 Å². The summed E-state index contributed by atoms with van der Waals surface area (Å²) in [4.78, 5) is 33.1. The Morgan fingerprint density at radius 2 is 2.10 bits per heavy atom. The standard InChI is InChI=1S/C12H12ClN3O3S/c13-9-4-14-7(3-15-9)10(17)16-8(12(18)19)5-20-11(16)6-1-2-6/h3-4,6,8,11H,1-2,5H2,(H,18,19). The second-order valence-electron chi connectivity index (χ2n) is 4.85. The van der Waals surface area contributed by atoms with Gasteiger partial charge in [0.25, 0.3) is 5.91 Å². The van der Waals surface area contributed by atoms with E-state index in [9.17, 15) is 14.7 Å². The number of rotatable bonds is 3. The number of carboxylic acid groups (broad SMARTS) is 1. The number of nitrogens with zero attached hydrogens (tertiary/aromatic N) is 3.